The van der Waals surface area contributed by atoms with Crippen molar-refractivity contribution < 1.29 is 14.3 Å². The van der Waals surface area contributed by atoms with E-state index in [0.29, 0.717) is 12.5 Å². The highest BCUT2D eigenvalue weighted by molar-refractivity contribution is 5.79. The molecule has 0 unspecified atom stereocenters. The number of fused-ring (bicyclic) bond motifs is 1. The van der Waals surface area contributed by atoms with Gasteiger partial charge in [0.2, 0.25) is 11.8 Å². The van der Waals surface area contributed by atoms with Crippen LogP contribution in [0.5, 0.6) is 5.88 Å². The molecule has 2 aliphatic heterocycles. The van der Waals surface area contributed by atoms with Crippen LogP contribution in [0.15, 0.2) is 12.4 Å². The molecule has 0 spiro atoms. The standard InChI is InChI=1S/C17H26N4O3/c1-11(2)20-17(22)12-5-7-24-14-4-6-21(9-13(12)14)15-8-16(23-3)19-10-18-15/h8,10-14H,4-7,9H2,1-3H3,(H,20,22)/t12-,13-,14-/m1/s1. The minimum atomic E-state index is -0.00215. The Morgan fingerprint density at radius 2 is 2.25 bits per heavy atom. The zero-order valence-electron chi connectivity index (χ0n) is 14.6. The van der Waals surface area contributed by atoms with Gasteiger partial charge in [-0.1, -0.05) is 0 Å². The van der Waals surface area contributed by atoms with E-state index in [-0.39, 0.29) is 29.9 Å². The second-order valence-electron chi connectivity index (χ2n) is 6.78. The van der Waals surface area contributed by atoms with Crippen molar-refractivity contribution in [1.82, 2.24) is 15.3 Å². The molecule has 3 atom stereocenters. The number of piperidine rings is 1. The Bertz CT molecular complexity index is 581. The van der Waals surface area contributed by atoms with Crippen molar-refractivity contribution in [3.63, 3.8) is 0 Å². The molecule has 2 aliphatic rings. The first-order valence-electron chi connectivity index (χ1n) is 8.61. The third-order valence-corrected chi connectivity index (χ3v) is 4.80. The number of nitrogens with zero attached hydrogens (tertiary/aromatic N) is 3. The number of ether oxygens (including phenoxy) is 2. The lowest BCUT2D eigenvalue weighted by atomic mass is 9.79. The van der Waals surface area contributed by atoms with Crippen LogP contribution in [0.2, 0.25) is 0 Å². The summed E-state index contributed by atoms with van der Waals surface area (Å²) >= 11 is 0. The van der Waals surface area contributed by atoms with Gasteiger partial charge < -0.3 is 19.7 Å². The molecular weight excluding hydrogens is 308 g/mol. The molecule has 3 rings (SSSR count). The molecule has 1 aromatic heterocycles. The van der Waals surface area contributed by atoms with Gasteiger partial charge in [0.05, 0.1) is 13.2 Å². The van der Waals surface area contributed by atoms with Gasteiger partial charge in [-0.2, -0.15) is 0 Å². The number of rotatable bonds is 4. The molecule has 3 heterocycles. The second-order valence-corrected chi connectivity index (χ2v) is 6.78. The number of hydrogen-bond donors (Lipinski definition) is 1. The summed E-state index contributed by atoms with van der Waals surface area (Å²) in [5, 5.41) is 3.06. The van der Waals surface area contributed by atoms with E-state index in [1.54, 1.807) is 7.11 Å². The molecule has 7 heteroatoms. The number of hydrogen-bond acceptors (Lipinski definition) is 6. The molecule has 132 valence electrons. The molecule has 0 aliphatic carbocycles. The van der Waals surface area contributed by atoms with Gasteiger partial charge in [0, 0.05) is 43.6 Å². The summed E-state index contributed by atoms with van der Waals surface area (Å²) in [6.45, 7) is 6.28. The van der Waals surface area contributed by atoms with Crippen molar-refractivity contribution in [3.8, 4) is 5.88 Å². The van der Waals surface area contributed by atoms with Gasteiger partial charge in [-0.3, -0.25) is 4.79 Å². The molecule has 0 bridgehead atoms. The van der Waals surface area contributed by atoms with Gasteiger partial charge >= 0.3 is 0 Å². The smallest absolute Gasteiger partial charge is 0.223 e. The minimum Gasteiger partial charge on any atom is -0.481 e. The zero-order chi connectivity index (χ0) is 17.1. The average molecular weight is 334 g/mol. The van der Waals surface area contributed by atoms with Crippen molar-refractivity contribution in [2.24, 2.45) is 11.8 Å². The molecule has 7 nitrogen and oxygen atoms in total. The Hall–Kier alpha value is -1.89. The summed E-state index contributed by atoms with van der Waals surface area (Å²) in [4.78, 5) is 23.2. The van der Waals surface area contributed by atoms with Gasteiger partial charge in [0.15, 0.2) is 0 Å². The van der Waals surface area contributed by atoms with Gasteiger partial charge in [-0.15, -0.1) is 0 Å². The van der Waals surface area contributed by atoms with Crippen molar-refractivity contribution in [2.45, 2.75) is 38.8 Å². The van der Waals surface area contributed by atoms with Crippen LogP contribution in [0, 0.1) is 11.8 Å². The number of amides is 1. The normalized spacial score (nSPS) is 26.8. The summed E-state index contributed by atoms with van der Waals surface area (Å²) in [6, 6.07) is 2.00. The van der Waals surface area contributed by atoms with E-state index in [4.69, 9.17) is 9.47 Å². The topological polar surface area (TPSA) is 76.6 Å². The minimum absolute atomic E-state index is 0.00215. The fourth-order valence-electron chi connectivity index (χ4n) is 3.65. The summed E-state index contributed by atoms with van der Waals surface area (Å²) < 4.78 is 11.1. The van der Waals surface area contributed by atoms with Crippen molar-refractivity contribution in [1.29, 1.82) is 0 Å². The maximum atomic E-state index is 12.6. The third kappa shape index (κ3) is 3.61. The highest BCUT2D eigenvalue weighted by Crippen LogP contribution is 2.35. The molecule has 0 radical (unpaired) electrons. The third-order valence-electron chi connectivity index (χ3n) is 4.80. The van der Waals surface area contributed by atoms with Crippen LogP contribution in [-0.4, -0.2) is 54.8 Å². The van der Waals surface area contributed by atoms with Crippen LogP contribution in [0.1, 0.15) is 26.7 Å². The molecule has 0 saturated carbocycles. The quantitative estimate of drug-likeness (QED) is 0.893. The molecule has 2 saturated heterocycles. The first-order valence-corrected chi connectivity index (χ1v) is 8.61. The Labute approximate surface area is 142 Å². The number of nitrogens with one attached hydrogen (secondary N) is 1. The van der Waals surface area contributed by atoms with Gasteiger partial charge in [-0.25, -0.2) is 9.97 Å². The van der Waals surface area contributed by atoms with Crippen LogP contribution < -0.4 is 15.0 Å². The highest BCUT2D eigenvalue weighted by atomic mass is 16.5. The van der Waals surface area contributed by atoms with Gasteiger partial charge in [0.25, 0.3) is 0 Å². The van der Waals surface area contributed by atoms with Crippen LogP contribution in [-0.2, 0) is 9.53 Å². The molecule has 24 heavy (non-hydrogen) atoms. The van der Waals surface area contributed by atoms with E-state index < -0.39 is 0 Å². The van der Waals surface area contributed by atoms with E-state index in [9.17, 15) is 4.79 Å². The van der Waals surface area contributed by atoms with Crippen molar-refractivity contribution in [3.05, 3.63) is 12.4 Å². The van der Waals surface area contributed by atoms with E-state index in [1.807, 2.05) is 19.9 Å². The fraction of sp³-hybridized carbons (Fsp3) is 0.706. The molecule has 1 aromatic rings. The Morgan fingerprint density at radius 3 is 3.00 bits per heavy atom. The fourth-order valence-corrected chi connectivity index (χ4v) is 3.65. The van der Waals surface area contributed by atoms with E-state index in [0.717, 1.165) is 31.7 Å². The van der Waals surface area contributed by atoms with Gasteiger partial charge in [0.1, 0.15) is 12.1 Å². The highest BCUT2D eigenvalue weighted by Gasteiger charge is 2.42. The zero-order valence-corrected chi connectivity index (χ0v) is 14.6. The lowest BCUT2D eigenvalue weighted by Gasteiger charge is -2.45. The van der Waals surface area contributed by atoms with Crippen LogP contribution in [0.4, 0.5) is 5.82 Å². The molecular formula is C17H26N4O3. The summed E-state index contributed by atoms with van der Waals surface area (Å²) in [6.07, 6.45) is 3.35. The van der Waals surface area contributed by atoms with Crippen LogP contribution >= 0.6 is 0 Å². The Kier molecular flexibility index (Phi) is 5.18. The number of methoxy groups -OCH3 is 1. The number of carbonyl (C=O) groups excluding carboxylic acids is 1. The molecule has 1 amide bonds. The average Bonchev–Trinajstić information content (AvgIpc) is 2.60. The SMILES string of the molecule is COc1cc(N2CC[C@H]3OCC[C@@H](C(=O)NC(C)C)[C@H]3C2)ncn1. The second kappa shape index (κ2) is 7.34. The van der Waals surface area contributed by atoms with E-state index in [1.165, 1.54) is 6.33 Å². The van der Waals surface area contributed by atoms with E-state index >= 15 is 0 Å². The molecule has 0 aromatic carbocycles. The van der Waals surface area contributed by atoms with Crippen LogP contribution in [0.3, 0.4) is 0 Å². The first-order chi connectivity index (χ1) is 11.6. The van der Waals surface area contributed by atoms with Crippen LogP contribution in [0.25, 0.3) is 0 Å². The van der Waals surface area contributed by atoms with Crippen molar-refractivity contribution >= 4 is 11.7 Å². The largest absolute Gasteiger partial charge is 0.481 e. The Balaban J connectivity index is 1.75. The maximum absolute atomic E-state index is 12.6. The predicted molar refractivity (Wildman–Crippen MR) is 90.0 cm³/mol. The first kappa shape index (κ1) is 17.0. The molecule has 2 fully saturated rings. The van der Waals surface area contributed by atoms with Crippen molar-refractivity contribution in [2.75, 3.05) is 31.7 Å². The molecule has 1 N–H and O–H groups in total. The lowest BCUT2D eigenvalue weighted by molar-refractivity contribution is -0.137. The number of anilines is 1. The summed E-state index contributed by atoms with van der Waals surface area (Å²) in [5.41, 5.74) is 0. The number of aromatic nitrogens is 2. The van der Waals surface area contributed by atoms with Gasteiger partial charge in [-0.05, 0) is 26.7 Å². The number of carbonyl (C=O) groups is 1. The lowest BCUT2D eigenvalue weighted by Crippen LogP contribution is -2.54. The predicted octanol–water partition coefficient (Wildman–Crippen LogP) is 1.24. The monoisotopic (exact) mass is 334 g/mol. The summed E-state index contributed by atoms with van der Waals surface area (Å²) in [5.74, 6) is 1.72. The van der Waals surface area contributed by atoms with E-state index in [2.05, 4.69) is 20.2 Å². The maximum Gasteiger partial charge on any atom is 0.223 e. The summed E-state index contributed by atoms with van der Waals surface area (Å²) in [7, 11) is 1.60. The Morgan fingerprint density at radius 1 is 1.42 bits per heavy atom.